The molecular weight excluding hydrogens is 1420 g/mol. The molecule has 8 rings (SSSR count). The molecule has 0 fully saturated rings. The van der Waals surface area contributed by atoms with Crippen LogP contribution in [-0.2, 0) is 39.0 Å². The molecule has 0 aliphatic carbocycles. The number of rotatable bonds is 4. The van der Waals surface area contributed by atoms with E-state index in [0.29, 0.717) is 0 Å². The van der Waals surface area contributed by atoms with Crippen LogP contribution in [0.1, 0.15) is 0 Å². The van der Waals surface area contributed by atoms with E-state index in [9.17, 15) is 101 Å². The van der Waals surface area contributed by atoms with Gasteiger partial charge in [-0.2, -0.15) is 0 Å². The zero-order valence-electron chi connectivity index (χ0n) is 39.1. The molecule has 460 valence electrons. The second-order valence-electron chi connectivity index (χ2n) is 13.6. The fourth-order valence-corrected chi connectivity index (χ4v) is 4.11. The number of hydrogen-bond acceptors (Lipinski definition) is 8. The normalized spacial score (nSPS) is 13.7. The molecule has 8 aromatic rings. The Kier molecular flexibility index (Phi) is 29.7. The molecule has 0 spiro atoms. The summed E-state index contributed by atoms with van der Waals surface area (Å²) in [5.41, 5.74) is 7.32. The summed E-state index contributed by atoms with van der Waals surface area (Å²) in [6.45, 7) is 0. The molecule has 6 N–H and O–H groups in total. The van der Waals surface area contributed by atoms with Gasteiger partial charge < -0.3 is 16.4 Å². The minimum atomic E-state index is -10.7. The van der Waals surface area contributed by atoms with Crippen molar-refractivity contribution in [2.24, 2.45) is 0 Å². The maximum Gasteiger partial charge on any atom is 2.00 e. The van der Waals surface area contributed by atoms with Gasteiger partial charge in [0.25, 0.3) is 0 Å². The third-order valence-electron chi connectivity index (χ3n) is 6.37. The van der Waals surface area contributed by atoms with Crippen LogP contribution in [0.4, 0.5) is 101 Å². The largest absolute Gasteiger partial charge is 2.00 e. The van der Waals surface area contributed by atoms with Gasteiger partial charge in [0.15, 0.2) is 0 Å². The van der Waals surface area contributed by atoms with Crippen molar-refractivity contribution in [2.75, 3.05) is 0 Å². The summed E-state index contributed by atoms with van der Waals surface area (Å²) in [5.74, 6) is 0. The molecule has 0 amide bonds. The second-order valence-corrected chi connectivity index (χ2v) is 21.2. The fraction of sp³-hybridized carbons (Fsp3) is 0. The SMILES string of the molecule is F[P-](F)(F)(F)(F)F.F[P-](F)(F)(F)(F)F.F[P-](F)(F)(F)(F)F.F[P-](F)(F)(F)(F)F.O.O.O.[Ru+2].[Ru+2].c1ccc(-c2ccccn2)nc1.c1ccc(-c2ccccn2)nc1.c1ccc(-c2ccccn2)nc1.c1ccc(-c2ccccn2)nc1. The van der Waals surface area contributed by atoms with Crippen molar-refractivity contribution in [3.63, 3.8) is 0 Å². The molecule has 0 aliphatic rings. The smallest absolute Gasteiger partial charge is 0.412 e. The summed E-state index contributed by atoms with van der Waals surface area (Å²) in [6, 6.07) is 46.4. The molecular formula is C40H38F24N8O3P4Ru2. The Balaban J connectivity index is -0.000000273. The van der Waals surface area contributed by atoms with E-state index in [1.54, 1.807) is 49.6 Å². The van der Waals surface area contributed by atoms with Gasteiger partial charge in [-0.25, -0.2) is 0 Å². The molecule has 0 saturated heterocycles. The molecule has 8 aromatic heterocycles. The van der Waals surface area contributed by atoms with Crippen molar-refractivity contribution in [3.05, 3.63) is 195 Å². The van der Waals surface area contributed by atoms with Crippen LogP contribution in [-0.4, -0.2) is 56.3 Å². The van der Waals surface area contributed by atoms with E-state index < -0.39 is 31.2 Å². The third kappa shape index (κ3) is 70.4. The molecule has 0 radical (unpaired) electrons. The summed E-state index contributed by atoms with van der Waals surface area (Å²) in [4.78, 5) is 33.5. The third-order valence-corrected chi connectivity index (χ3v) is 6.37. The van der Waals surface area contributed by atoms with Gasteiger partial charge in [0.05, 0.1) is 45.6 Å². The molecule has 0 aromatic carbocycles. The Labute approximate surface area is 466 Å². The molecule has 8 heterocycles. The maximum absolute atomic E-state index is 10.7. The van der Waals surface area contributed by atoms with Gasteiger partial charge in [-0.1, -0.05) is 48.5 Å². The molecule has 81 heavy (non-hydrogen) atoms. The van der Waals surface area contributed by atoms with E-state index >= 15 is 0 Å². The van der Waals surface area contributed by atoms with Crippen LogP contribution in [0.3, 0.4) is 0 Å². The van der Waals surface area contributed by atoms with Crippen molar-refractivity contribution in [2.45, 2.75) is 0 Å². The number of nitrogens with zero attached hydrogens (tertiary/aromatic N) is 8. The van der Waals surface area contributed by atoms with Crippen LogP contribution in [0, 0.1) is 0 Å². The monoisotopic (exact) mass is 1460 g/mol. The number of hydrogen-bond donors (Lipinski definition) is 0. The minimum Gasteiger partial charge on any atom is -0.412 e. The van der Waals surface area contributed by atoms with E-state index in [2.05, 4.69) is 39.9 Å². The van der Waals surface area contributed by atoms with Gasteiger partial charge in [-0.3, -0.25) is 39.9 Å². The van der Waals surface area contributed by atoms with Crippen molar-refractivity contribution in [1.82, 2.24) is 39.9 Å². The van der Waals surface area contributed by atoms with Crippen molar-refractivity contribution in [3.8, 4) is 45.6 Å². The Morgan fingerprint density at radius 1 is 0.173 bits per heavy atom. The van der Waals surface area contributed by atoms with Gasteiger partial charge in [0.1, 0.15) is 0 Å². The van der Waals surface area contributed by atoms with E-state index in [1.807, 2.05) is 146 Å². The summed E-state index contributed by atoms with van der Waals surface area (Å²) >= 11 is 0. The Bertz CT molecular complexity index is 2360. The van der Waals surface area contributed by atoms with Gasteiger partial charge in [-0.15, -0.1) is 0 Å². The summed E-state index contributed by atoms with van der Waals surface area (Å²) in [6.07, 6.45) is 14.1. The van der Waals surface area contributed by atoms with Crippen LogP contribution in [0.15, 0.2) is 195 Å². The first kappa shape index (κ1) is 84.2. The van der Waals surface area contributed by atoms with E-state index in [0.717, 1.165) is 45.6 Å². The molecule has 0 atom stereocenters. The molecule has 0 saturated carbocycles. The standard InChI is InChI=1S/4C10H8N2.4F6P.3H2O.2Ru/c4*1-3-7-11-9(5-1)10-6-2-4-8-12-10;4*1-7(2,3,4,5)6;;;;;/h4*1-8H;;;;;3*1H2;;/q;;;;4*-1;;;;2*+2. The van der Waals surface area contributed by atoms with E-state index in [1.165, 1.54) is 0 Å². The van der Waals surface area contributed by atoms with Crippen molar-refractivity contribution < 1.29 is 156 Å². The zero-order valence-corrected chi connectivity index (χ0v) is 46.2. The van der Waals surface area contributed by atoms with E-state index in [4.69, 9.17) is 0 Å². The summed E-state index contributed by atoms with van der Waals surface area (Å²) < 4.78 is 237. The molecule has 0 unspecified atom stereocenters. The van der Waals surface area contributed by atoms with Crippen molar-refractivity contribution in [1.29, 1.82) is 0 Å². The van der Waals surface area contributed by atoms with Crippen LogP contribution in [0.2, 0.25) is 0 Å². The number of halogens is 24. The van der Waals surface area contributed by atoms with Crippen molar-refractivity contribution >= 4 is 31.2 Å². The predicted octanol–water partition coefficient (Wildman–Crippen LogP) is 19.6. The minimum absolute atomic E-state index is 0. The van der Waals surface area contributed by atoms with Crippen LogP contribution in [0.5, 0.6) is 0 Å². The number of aromatic nitrogens is 8. The molecule has 0 aliphatic heterocycles. The predicted molar refractivity (Wildman–Crippen MR) is 255 cm³/mol. The van der Waals surface area contributed by atoms with E-state index in [-0.39, 0.29) is 55.4 Å². The molecule has 11 nitrogen and oxygen atoms in total. The van der Waals surface area contributed by atoms with Gasteiger partial charge in [0.2, 0.25) is 0 Å². The van der Waals surface area contributed by atoms with Gasteiger partial charge in [0, 0.05) is 49.6 Å². The first-order valence-corrected chi connectivity index (χ1v) is 27.3. The number of pyridine rings is 8. The quantitative estimate of drug-likeness (QED) is 0.0942. The summed E-state index contributed by atoms with van der Waals surface area (Å²) in [7, 11) is -42.6. The van der Waals surface area contributed by atoms with Crippen LogP contribution in [0.25, 0.3) is 45.6 Å². The van der Waals surface area contributed by atoms with Gasteiger partial charge in [-0.05, 0) is 97.1 Å². The second kappa shape index (κ2) is 28.6. The Hall–Kier alpha value is -5.63. The average Bonchev–Trinajstić information content (AvgIpc) is 3.28. The molecule has 0 bridgehead atoms. The van der Waals surface area contributed by atoms with Crippen LogP contribution >= 0.6 is 31.2 Å². The fourth-order valence-electron chi connectivity index (χ4n) is 4.11. The first-order chi connectivity index (χ1) is 33.7. The maximum atomic E-state index is 9.87. The summed E-state index contributed by atoms with van der Waals surface area (Å²) in [5, 5.41) is 0. The molecule has 41 heteroatoms. The Morgan fingerprint density at radius 3 is 0.296 bits per heavy atom. The first-order valence-electron chi connectivity index (χ1n) is 19.2. The Morgan fingerprint density at radius 2 is 0.247 bits per heavy atom. The topological polar surface area (TPSA) is 198 Å². The zero-order chi connectivity index (χ0) is 58.5. The van der Waals surface area contributed by atoms with Gasteiger partial charge >= 0.3 is 171 Å². The van der Waals surface area contributed by atoms with Crippen LogP contribution < -0.4 is 0 Å². The average molecular weight is 1460 g/mol.